The normalized spacial score (nSPS) is 11.3. The summed E-state index contributed by atoms with van der Waals surface area (Å²) in [4.78, 5) is 0. The first-order valence-corrected chi connectivity index (χ1v) is 6.83. The van der Waals surface area contributed by atoms with Gasteiger partial charge < -0.3 is 5.32 Å². The number of rotatable bonds is 5. The van der Waals surface area contributed by atoms with Crippen molar-refractivity contribution in [3.05, 3.63) is 29.3 Å². The van der Waals surface area contributed by atoms with Crippen molar-refractivity contribution < 1.29 is 0 Å². The van der Waals surface area contributed by atoms with Gasteiger partial charge in [0.25, 0.3) is 0 Å². The van der Waals surface area contributed by atoms with Crippen LogP contribution in [0.2, 0.25) is 0 Å². The van der Waals surface area contributed by atoms with E-state index in [0.29, 0.717) is 6.04 Å². The molecule has 0 atom stereocenters. The second-order valence-corrected chi connectivity index (χ2v) is 5.13. The summed E-state index contributed by atoms with van der Waals surface area (Å²) in [5, 5.41) is 12.3. The van der Waals surface area contributed by atoms with Crippen molar-refractivity contribution in [3.8, 4) is 0 Å². The second kappa shape index (κ2) is 5.47. The second-order valence-electron chi connectivity index (χ2n) is 5.13. The van der Waals surface area contributed by atoms with E-state index in [1.165, 1.54) is 11.3 Å². The maximum absolute atomic E-state index is 4.43. The highest BCUT2D eigenvalue weighted by atomic mass is 15.3. The van der Waals surface area contributed by atoms with E-state index in [4.69, 9.17) is 0 Å². The standard InChI is InChI=1S/C14H23N5/c1-6-18-9-14(11(4)17-18)15-7-13-8-16-19(10(2)3)12(13)5/h8-10,15H,6-7H2,1-5H3. The predicted molar refractivity (Wildman–Crippen MR) is 77.3 cm³/mol. The molecular formula is C14H23N5. The highest BCUT2D eigenvalue weighted by molar-refractivity contribution is 5.46. The average molecular weight is 261 g/mol. The molecule has 0 fully saturated rings. The highest BCUT2D eigenvalue weighted by Gasteiger charge is 2.10. The van der Waals surface area contributed by atoms with Crippen molar-refractivity contribution in [2.24, 2.45) is 0 Å². The average Bonchev–Trinajstić information content (AvgIpc) is 2.90. The van der Waals surface area contributed by atoms with Gasteiger partial charge in [0.15, 0.2) is 0 Å². The fourth-order valence-corrected chi connectivity index (χ4v) is 2.20. The Balaban J connectivity index is 2.08. The van der Waals surface area contributed by atoms with Gasteiger partial charge in [0.1, 0.15) is 0 Å². The molecule has 0 aliphatic carbocycles. The zero-order valence-electron chi connectivity index (χ0n) is 12.4. The van der Waals surface area contributed by atoms with Gasteiger partial charge in [-0.15, -0.1) is 0 Å². The molecule has 0 radical (unpaired) electrons. The van der Waals surface area contributed by atoms with Crippen LogP contribution in [-0.4, -0.2) is 19.6 Å². The third-order valence-corrected chi connectivity index (χ3v) is 3.38. The molecular weight excluding hydrogens is 238 g/mol. The number of nitrogens with zero attached hydrogens (tertiary/aromatic N) is 4. The minimum Gasteiger partial charge on any atom is -0.378 e. The summed E-state index contributed by atoms with van der Waals surface area (Å²) in [6.07, 6.45) is 4.00. The van der Waals surface area contributed by atoms with Crippen molar-refractivity contribution >= 4 is 5.69 Å². The lowest BCUT2D eigenvalue weighted by atomic mass is 10.2. The van der Waals surface area contributed by atoms with Gasteiger partial charge >= 0.3 is 0 Å². The van der Waals surface area contributed by atoms with Crippen LogP contribution in [0.5, 0.6) is 0 Å². The van der Waals surface area contributed by atoms with Gasteiger partial charge in [0.2, 0.25) is 0 Å². The maximum atomic E-state index is 4.43. The van der Waals surface area contributed by atoms with E-state index in [1.807, 2.05) is 17.8 Å². The van der Waals surface area contributed by atoms with E-state index in [2.05, 4.69) is 54.1 Å². The van der Waals surface area contributed by atoms with Crippen LogP contribution in [-0.2, 0) is 13.1 Å². The van der Waals surface area contributed by atoms with E-state index in [-0.39, 0.29) is 0 Å². The third kappa shape index (κ3) is 2.80. The number of hydrogen-bond acceptors (Lipinski definition) is 3. The van der Waals surface area contributed by atoms with Gasteiger partial charge in [-0.25, -0.2) is 0 Å². The molecule has 5 heteroatoms. The topological polar surface area (TPSA) is 47.7 Å². The Labute approximate surface area is 114 Å². The van der Waals surface area contributed by atoms with Gasteiger partial charge in [-0.2, -0.15) is 10.2 Å². The Bertz CT molecular complexity index is 550. The minimum absolute atomic E-state index is 0.401. The van der Waals surface area contributed by atoms with Crippen LogP contribution in [0.15, 0.2) is 12.4 Å². The molecule has 19 heavy (non-hydrogen) atoms. The molecule has 0 amide bonds. The molecule has 0 unspecified atom stereocenters. The maximum Gasteiger partial charge on any atom is 0.0825 e. The van der Waals surface area contributed by atoms with Crippen LogP contribution in [0.3, 0.4) is 0 Å². The quantitative estimate of drug-likeness (QED) is 0.900. The van der Waals surface area contributed by atoms with E-state index < -0.39 is 0 Å². The molecule has 0 aliphatic heterocycles. The molecule has 2 aromatic rings. The van der Waals surface area contributed by atoms with Gasteiger partial charge in [-0.1, -0.05) is 0 Å². The fraction of sp³-hybridized carbons (Fsp3) is 0.571. The lowest BCUT2D eigenvalue weighted by Gasteiger charge is -2.09. The smallest absolute Gasteiger partial charge is 0.0825 e. The van der Waals surface area contributed by atoms with E-state index in [1.54, 1.807) is 0 Å². The summed E-state index contributed by atoms with van der Waals surface area (Å²) in [5.74, 6) is 0. The largest absolute Gasteiger partial charge is 0.378 e. The summed E-state index contributed by atoms with van der Waals surface area (Å²) in [5.41, 5.74) is 4.59. The Kier molecular flexibility index (Phi) is 3.93. The fourth-order valence-electron chi connectivity index (χ4n) is 2.20. The highest BCUT2D eigenvalue weighted by Crippen LogP contribution is 2.17. The molecule has 1 N–H and O–H groups in total. The molecule has 0 saturated heterocycles. The number of aryl methyl sites for hydroxylation is 2. The summed E-state index contributed by atoms with van der Waals surface area (Å²) >= 11 is 0. The van der Waals surface area contributed by atoms with Crippen molar-refractivity contribution in [2.45, 2.75) is 53.8 Å². The molecule has 5 nitrogen and oxygen atoms in total. The van der Waals surface area contributed by atoms with Crippen LogP contribution in [0.1, 0.15) is 43.8 Å². The molecule has 2 heterocycles. The molecule has 2 rings (SSSR count). The number of aromatic nitrogens is 4. The Hall–Kier alpha value is -1.78. The first kappa shape index (κ1) is 13.6. The summed E-state index contributed by atoms with van der Waals surface area (Å²) in [6, 6.07) is 0.401. The molecule has 0 saturated carbocycles. The first-order valence-electron chi connectivity index (χ1n) is 6.83. The molecule has 0 bridgehead atoms. The van der Waals surface area contributed by atoms with Gasteiger partial charge in [-0.3, -0.25) is 9.36 Å². The zero-order valence-corrected chi connectivity index (χ0v) is 12.4. The van der Waals surface area contributed by atoms with Crippen LogP contribution < -0.4 is 5.32 Å². The number of hydrogen-bond donors (Lipinski definition) is 1. The van der Waals surface area contributed by atoms with E-state index in [9.17, 15) is 0 Å². The lowest BCUT2D eigenvalue weighted by Crippen LogP contribution is -2.06. The monoisotopic (exact) mass is 261 g/mol. The molecule has 0 aromatic carbocycles. The van der Waals surface area contributed by atoms with E-state index >= 15 is 0 Å². The van der Waals surface area contributed by atoms with Crippen molar-refractivity contribution in [2.75, 3.05) is 5.32 Å². The zero-order chi connectivity index (χ0) is 14.0. The number of anilines is 1. The summed E-state index contributed by atoms with van der Waals surface area (Å²) in [7, 11) is 0. The third-order valence-electron chi connectivity index (χ3n) is 3.38. The van der Waals surface area contributed by atoms with E-state index in [0.717, 1.165) is 24.5 Å². The van der Waals surface area contributed by atoms with Crippen molar-refractivity contribution in [3.63, 3.8) is 0 Å². The Morgan fingerprint density at radius 2 is 2.05 bits per heavy atom. The van der Waals surface area contributed by atoms with Crippen molar-refractivity contribution in [1.82, 2.24) is 19.6 Å². The van der Waals surface area contributed by atoms with Crippen molar-refractivity contribution in [1.29, 1.82) is 0 Å². The van der Waals surface area contributed by atoms with Gasteiger partial charge in [0, 0.05) is 36.6 Å². The number of nitrogens with one attached hydrogen (secondary N) is 1. The minimum atomic E-state index is 0.401. The Morgan fingerprint density at radius 3 is 2.58 bits per heavy atom. The SMILES string of the molecule is CCn1cc(NCc2cnn(C(C)C)c2C)c(C)n1. The molecule has 104 valence electrons. The lowest BCUT2D eigenvalue weighted by molar-refractivity contribution is 0.518. The molecule has 2 aromatic heterocycles. The van der Waals surface area contributed by atoms with Crippen LogP contribution in [0.25, 0.3) is 0 Å². The summed E-state index contributed by atoms with van der Waals surface area (Å²) in [6.45, 7) is 12.2. The first-order chi connectivity index (χ1) is 9.02. The summed E-state index contributed by atoms with van der Waals surface area (Å²) < 4.78 is 4.00. The molecule has 0 spiro atoms. The van der Waals surface area contributed by atoms with Gasteiger partial charge in [0.05, 0.1) is 17.6 Å². The van der Waals surface area contributed by atoms with Crippen LogP contribution in [0, 0.1) is 13.8 Å². The van der Waals surface area contributed by atoms with Crippen LogP contribution in [0.4, 0.5) is 5.69 Å². The predicted octanol–water partition coefficient (Wildman–Crippen LogP) is 2.91. The Morgan fingerprint density at radius 1 is 1.32 bits per heavy atom. The molecule has 0 aliphatic rings. The van der Waals surface area contributed by atoms with Gasteiger partial charge in [-0.05, 0) is 34.6 Å². The van der Waals surface area contributed by atoms with Crippen LogP contribution >= 0.6 is 0 Å².